The van der Waals surface area contributed by atoms with E-state index < -0.39 is 12.1 Å². The molecule has 0 bridgehead atoms. The topological polar surface area (TPSA) is 49.4 Å². The molecule has 0 fully saturated rings. The summed E-state index contributed by atoms with van der Waals surface area (Å²) in [5.41, 5.74) is 1.03. The lowest BCUT2D eigenvalue weighted by Crippen LogP contribution is -2.37. The Bertz CT molecular complexity index is 307. The van der Waals surface area contributed by atoms with Crippen molar-refractivity contribution in [3.05, 3.63) is 29.8 Å². The van der Waals surface area contributed by atoms with Crippen molar-refractivity contribution in [2.75, 3.05) is 0 Å². The van der Waals surface area contributed by atoms with E-state index in [0.29, 0.717) is 5.75 Å². The van der Waals surface area contributed by atoms with Crippen LogP contribution in [0.1, 0.15) is 12.5 Å². The monoisotopic (exact) mass is 179 g/mol. The number of rotatable bonds is 3. The average molecular weight is 179 g/mol. The molecule has 0 aliphatic heterocycles. The summed E-state index contributed by atoms with van der Waals surface area (Å²) in [6, 6.07) is 7.22. The summed E-state index contributed by atoms with van der Waals surface area (Å²) in [4.78, 5) is 10.4. The molecule has 0 N–H and O–H groups in total. The van der Waals surface area contributed by atoms with Crippen molar-refractivity contribution in [1.82, 2.24) is 0 Å². The van der Waals surface area contributed by atoms with Gasteiger partial charge < -0.3 is 14.6 Å². The lowest BCUT2D eigenvalue weighted by Gasteiger charge is -2.15. The molecule has 3 nitrogen and oxygen atoms in total. The maximum Gasteiger partial charge on any atom is 0.135 e. The zero-order valence-corrected chi connectivity index (χ0v) is 7.61. The number of carboxylic acids is 1. The van der Waals surface area contributed by atoms with Gasteiger partial charge in [-0.15, -0.1) is 0 Å². The molecule has 3 heteroatoms. The van der Waals surface area contributed by atoms with Crippen molar-refractivity contribution in [2.45, 2.75) is 20.0 Å². The van der Waals surface area contributed by atoms with Gasteiger partial charge in [-0.1, -0.05) is 12.1 Å². The highest BCUT2D eigenvalue weighted by Crippen LogP contribution is 2.13. The number of aryl methyl sites for hydroxylation is 1. The predicted molar refractivity (Wildman–Crippen MR) is 46.3 cm³/mol. The average Bonchev–Trinajstić information content (AvgIpc) is 2.04. The Labute approximate surface area is 77.0 Å². The SMILES string of the molecule is Cc1cccc(O[C@H](C)C(=O)[O-])c1. The van der Waals surface area contributed by atoms with Crippen molar-refractivity contribution < 1.29 is 14.6 Å². The quantitative estimate of drug-likeness (QED) is 0.679. The summed E-state index contributed by atoms with van der Waals surface area (Å²) in [6.45, 7) is 3.36. The van der Waals surface area contributed by atoms with Crippen LogP contribution in [0, 0.1) is 6.92 Å². The smallest absolute Gasteiger partial charge is 0.135 e. The molecule has 70 valence electrons. The van der Waals surface area contributed by atoms with E-state index in [1.807, 2.05) is 19.1 Å². The Balaban J connectivity index is 2.69. The van der Waals surface area contributed by atoms with Gasteiger partial charge in [-0.05, 0) is 31.5 Å². The van der Waals surface area contributed by atoms with Gasteiger partial charge in [0.2, 0.25) is 0 Å². The van der Waals surface area contributed by atoms with Crippen molar-refractivity contribution >= 4 is 5.97 Å². The maximum absolute atomic E-state index is 10.4. The van der Waals surface area contributed by atoms with Crippen LogP contribution in [0.2, 0.25) is 0 Å². The Morgan fingerprint density at radius 3 is 2.77 bits per heavy atom. The summed E-state index contributed by atoms with van der Waals surface area (Å²) >= 11 is 0. The number of benzene rings is 1. The molecule has 0 spiro atoms. The highest BCUT2D eigenvalue weighted by Gasteiger charge is 2.03. The molecular weight excluding hydrogens is 168 g/mol. The molecule has 0 unspecified atom stereocenters. The second-order valence-corrected chi connectivity index (χ2v) is 2.90. The molecule has 0 aliphatic rings. The summed E-state index contributed by atoms with van der Waals surface area (Å²) in [5, 5.41) is 10.4. The van der Waals surface area contributed by atoms with Crippen LogP contribution in [0.4, 0.5) is 0 Å². The number of carbonyl (C=O) groups is 1. The minimum atomic E-state index is -1.21. The molecule has 0 radical (unpaired) electrons. The van der Waals surface area contributed by atoms with E-state index in [1.54, 1.807) is 12.1 Å². The first-order chi connectivity index (χ1) is 6.09. The fourth-order valence-electron chi connectivity index (χ4n) is 0.941. The minimum absolute atomic E-state index is 0.553. The van der Waals surface area contributed by atoms with Gasteiger partial charge in [0.05, 0.1) is 5.97 Å². The van der Waals surface area contributed by atoms with Crippen LogP contribution in [-0.2, 0) is 4.79 Å². The second-order valence-electron chi connectivity index (χ2n) is 2.90. The van der Waals surface area contributed by atoms with E-state index in [1.165, 1.54) is 6.92 Å². The first kappa shape index (κ1) is 9.58. The van der Waals surface area contributed by atoms with Crippen LogP contribution in [0.3, 0.4) is 0 Å². The molecule has 0 aliphatic carbocycles. The predicted octanol–water partition coefficient (Wildman–Crippen LogP) is 0.512. The molecule has 13 heavy (non-hydrogen) atoms. The summed E-state index contributed by atoms with van der Waals surface area (Å²) < 4.78 is 5.09. The highest BCUT2D eigenvalue weighted by molar-refractivity contribution is 5.69. The van der Waals surface area contributed by atoms with Gasteiger partial charge in [-0.25, -0.2) is 0 Å². The van der Waals surface area contributed by atoms with Crippen LogP contribution in [0.25, 0.3) is 0 Å². The number of carboxylic acid groups (broad SMARTS) is 1. The van der Waals surface area contributed by atoms with Crippen LogP contribution in [0.15, 0.2) is 24.3 Å². The van der Waals surface area contributed by atoms with E-state index in [0.717, 1.165) is 5.56 Å². The van der Waals surface area contributed by atoms with Gasteiger partial charge >= 0.3 is 0 Å². The van der Waals surface area contributed by atoms with E-state index in [4.69, 9.17) is 4.74 Å². The molecule has 1 aromatic rings. The van der Waals surface area contributed by atoms with Crippen LogP contribution < -0.4 is 9.84 Å². The second kappa shape index (κ2) is 3.94. The van der Waals surface area contributed by atoms with Gasteiger partial charge in [-0.2, -0.15) is 0 Å². The zero-order chi connectivity index (χ0) is 9.84. The Hall–Kier alpha value is -1.51. The Morgan fingerprint density at radius 2 is 2.23 bits per heavy atom. The fraction of sp³-hybridized carbons (Fsp3) is 0.300. The molecule has 1 aromatic carbocycles. The van der Waals surface area contributed by atoms with E-state index in [9.17, 15) is 9.90 Å². The third-order valence-corrected chi connectivity index (χ3v) is 1.63. The van der Waals surface area contributed by atoms with E-state index in [-0.39, 0.29) is 0 Å². The zero-order valence-electron chi connectivity index (χ0n) is 7.61. The normalized spacial score (nSPS) is 12.2. The van der Waals surface area contributed by atoms with E-state index >= 15 is 0 Å². The van der Waals surface area contributed by atoms with Crippen LogP contribution >= 0.6 is 0 Å². The molecule has 1 atom stereocenters. The van der Waals surface area contributed by atoms with Crippen molar-refractivity contribution in [1.29, 1.82) is 0 Å². The van der Waals surface area contributed by atoms with Crippen molar-refractivity contribution in [3.8, 4) is 5.75 Å². The van der Waals surface area contributed by atoms with Crippen LogP contribution in [-0.4, -0.2) is 12.1 Å². The Kier molecular flexibility index (Phi) is 2.90. The molecule has 1 rings (SSSR count). The van der Waals surface area contributed by atoms with Gasteiger partial charge in [-0.3, -0.25) is 0 Å². The van der Waals surface area contributed by atoms with Crippen molar-refractivity contribution in [2.24, 2.45) is 0 Å². The first-order valence-corrected chi connectivity index (χ1v) is 4.04. The number of hydrogen-bond acceptors (Lipinski definition) is 3. The molecule has 0 saturated carbocycles. The van der Waals surface area contributed by atoms with E-state index in [2.05, 4.69) is 0 Å². The fourth-order valence-corrected chi connectivity index (χ4v) is 0.941. The summed E-state index contributed by atoms with van der Waals surface area (Å²) in [5.74, 6) is -0.654. The third kappa shape index (κ3) is 2.78. The number of hydrogen-bond donors (Lipinski definition) is 0. The molecular formula is C10H11O3-. The third-order valence-electron chi connectivity index (χ3n) is 1.63. The largest absolute Gasteiger partial charge is 0.546 e. The highest BCUT2D eigenvalue weighted by atomic mass is 16.5. The standard InChI is InChI=1S/C10H12O3/c1-7-4-3-5-9(6-7)13-8(2)10(11)12/h3-6,8H,1-2H3,(H,11,12)/p-1/t8-/m1/s1. The van der Waals surface area contributed by atoms with Gasteiger partial charge in [0.15, 0.2) is 0 Å². The molecule has 0 saturated heterocycles. The molecule has 0 heterocycles. The van der Waals surface area contributed by atoms with Gasteiger partial charge in [0, 0.05) is 0 Å². The minimum Gasteiger partial charge on any atom is -0.546 e. The summed E-state index contributed by atoms with van der Waals surface area (Å²) in [7, 11) is 0. The van der Waals surface area contributed by atoms with Gasteiger partial charge in [0.25, 0.3) is 0 Å². The van der Waals surface area contributed by atoms with Crippen LogP contribution in [0.5, 0.6) is 5.75 Å². The summed E-state index contributed by atoms with van der Waals surface area (Å²) in [6.07, 6.45) is -0.915. The molecule has 0 aromatic heterocycles. The maximum atomic E-state index is 10.4. The first-order valence-electron chi connectivity index (χ1n) is 4.04. The number of carbonyl (C=O) groups excluding carboxylic acids is 1. The molecule has 0 amide bonds. The Morgan fingerprint density at radius 1 is 1.54 bits per heavy atom. The van der Waals surface area contributed by atoms with Crippen molar-refractivity contribution in [3.63, 3.8) is 0 Å². The number of aliphatic carboxylic acids is 1. The number of ether oxygens (including phenoxy) is 1. The lowest BCUT2D eigenvalue weighted by molar-refractivity contribution is -0.312. The van der Waals surface area contributed by atoms with Gasteiger partial charge in [0.1, 0.15) is 11.9 Å². The lowest BCUT2D eigenvalue weighted by atomic mass is 10.2.